The van der Waals surface area contributed by atoms with Crippen LogP contribution in [0.25, 0.3) is 0 Å². The SMILES string of the molecule is CC[C@H](N)C(O)C(=O)N(C(=O)[C@@H](NC(=O)[C@@H](NC(=O)OCc1ccccc1)C(C)C)C(C)C)[C@H](CC(C)C)C(=O)N[C@H](C(=O)OCc1ccccc1)C(C)C. The number of ether oxygens (including phenoxy) is 2. The lowest BCUT2D eigenvalue weighted by Crippen LogP contribution is -2.64. The Bertz CT molecular complexity index is 1550. The van der Waals surface area contributed by atoms with E-state index < -0.39 is 89.8 Å². The highest BCUT2D eigenvalue weighted by Gasteiger charge is 2.44. The van der Waals surface area contributed by atoms with Gasteiger partial charge in [-0.15, -0.1) is 0 Å². The van der Waals surface area contributed by atoms with E-state index >= 15 is 0 Å². The lowest BCUT2D eigenvalue weighted by Gasteiger charge is -2.37. The molecule has 304 valence electrons. The minimum atomic E-state index is -1.87. The normalized spacial score (nSPS) is 14.7. The highest BCUT2D eigenvalue weighted by Crippen LogP contribution is 2.20. The molecular formula is C41H61N5O9. The van der Waals surface area contributed by atoms with Gasteiger partial charge < -0.3 is 36.3 Å². The number of carbonyl (C=O) groups excluding carboxylic acids is 6. The predicted molar refractivity (Wildman–Crippen MR) is 208 cm³/mol. The zero-order valence-electron chi connectivity index (χ0n) is 33.6. The van der Waals surface area contributed by atoms with Gasteiger partial charge in [-0.2, -0.15) is 0 Å². The number of nitrogens with two attached hydrogens (primary N) is 1. The molecule has 14 heteroatoms. The molecule has 0 aliphatic rings. The number of esters is 1. The molecule has 0 aliphatic heterocycles. The average Bonchev–Trinajstić information content (AvgIpc) is 3.15. The molecule has 1 unspecified atom stereocenters. The standard InChI is InChI=1S/C41H61N5O9/c1-10-30(42)35(47)39(51)46(31(21-24(2)3)36(48)44-34(27(8)9)40(52)54-22-28-17-13-11-14-18-28)38(50)33(26(6)7)43-37(49)32(25(4)5)45-41(53)55-23-29-19-15-12-16-20-29/h11-20,24-27,30-35,47H,10,21-23,42H2,1-9H3,(H,43,49)(H,44,48)(H,45,53)/t30-,31+,32-,33-,34-,35?/m0/s1. The van der Waals surface area contributed by atoms with E-state index in [4.69, 9.17) is 15.2 Å². The Morgan fingerprint density at radius 2 is 1.13 bits per heavy atom. The van der Waals surface area contributed by atoms with Gasteiger partial charge in [0.2, 0.25) is 11.8 Å². The van der Waals surface area contributed by atoms with E-state index in [9.17, 15) is 33.9 Å². The number of nitrogens with one attached hydrogen (secondary N) is 3. The van der Waals surface area contributed by atoms with Crippen LogP contribution in [0.4, 0.5) is 4.79 Å². The number of imide groups is 1. The first kappa shape index (κ1) is 46.3. The Hall–Kier alpha value is -4.82. The molecule has 55 heavy (non-hydrogen) atoms. The third-order valence-corrected chi connectivity index (χ3v) is 9.02. The Kier molecular flexibility index (Phi) is 19.0. The topological polar surface area (TPSA) is 206 Å². The molecule has 0 radical (unpaired) electrons. The molecule has 0 spiro atoms. The van der Waals surface area contributed by atoms with Crippen molar-refractivity contribution < 1.29 is 43.3 Å². The smallest absolute Gasteiger partial charge is 0.408 e. The highest BCUT2D eigenvalue weighted by molar-refractivity contribution is 6.05. The summed E-state index contributed by atoms with van der Waals surface area (Å²) in [6.07, 6.45) is -2.61. The molecule has 0 aliphatic carbocycles. The second kappa shape index (κ2) is 22.5. The van der Waals surface area contributed by atoms with Gasteiger partial charge in [-0.3, -0.25) is 24.1 Å². The predicted octanol–water partition coefficient (Wildman–Crippen LogP) is 3.83. The second-order valence-electron chi connectivity index (χ2n) is 15.2. The van der Waals surface area contributed by atoms with Gasteiger partial charge in [0.05, 0.1) is 0 Å². The average molecular weight is 768 g/mol. The summed E-state index contributed by atoms with van der Waals surface area (Å²) < 4.78 is 10.8. The molecule has 6 N–H and O–H groups in total. The van der Waals surface area contributed by atoms with Gasteiger partial charge in [-0.25, -0.2) is 9.59 Å². The first-order valence-electron chi connectivity index (χ1n) is 19.0. The van der Waals surface area contributed by atoms with Crippen LogP contribution >= 0.6 is 0 Å². The van der Waals surface area contributed by atoms with E-state index in [1.54, 1.807) is 111 Å². The first-order valence-corrected chi connectivity index (χ1v) is 19.0. The number of hydrogen-bond donors (Lipinski definition) is 5. The fourth-order valence-corrected chi connectivity index (χ4v) is 5.64. The molecule has 2 aromatic carbocycles. The van der Waals surface area contributed by atoms with Gasteiger partial charge in [0, 0.05) is 6.04 Å². The number of alkyl carbamates (subject to hydrolysis) is 1. The summed E-state index contributed by atoms with van der Waals surface area (Å²) >= 11 is 0. The van der Waals surface area contributed by atoms with Crippen molar-refractivity contribution in [3.63, 3.8) is 0 Å². The van der Waals surface area contributed by atoms with Crippen LogP contribution in [0.1, 0.15) is 86.3 Å². The molecule has 6 atom stereocenters. The maximum atomic E-state index is 14.6. The van der Waals surface area contributed by atoms with Crippen molar-refractivity contribution in [2.24, 2.45) is 29.4 Å². The summed E-state index contributed by atoms with van der Waals surface area (Å²) in [7, 11) is 0. The van der Waals surface area contributed by atoms with E-state index in [0.29, 0.717) is 4.90 Å². The Morgan fingerprint density at radius 1 is 0.655 bits per heavy atom. The molecule has 0 heterocycles. The fourth-order valence-electron chi connectivity index (χ4n) is 5.64. The number of aliphatic hydroxyl groups excluding tert-OH is 1. The van der Waals surface area contributed by atoms with Crippen LogP contribution in [-0.2, 0) is 46.7 Å². The molecule has 14 nitrogen and oxygen atoms in total. The Morgan fingerprint density at radius 3 is 1.58 bits per heavy atom. The van der Waals surface area contributed by atoms with Crippen molar-refractivity contribution in [2.75, 3.05) is 0 Å². The molecule has 5 amide bonds. The van der Waals surface area contributed by atoms with Gasteiger partial charge >= 0.3 is 12.1 Å². The Balaban J connectivity index is 2.46. The van der Waals surface area contributed by atoms with Crippen molar-refractivity contribution in [3.05, 3.63) is 71.8 Å². The van der Waals surface area contributed by atoms with Crippen molar-refractivity contribution in [1.82, 2.24) is 20.9 Å². The number of benzene rings is 2. The van der Waals surface area contributed by atoms with E-state index in [0.717, 1.165) is 11.1 Å². The number of nitrogens with zero attached hydrogens (tertiary/aromatic N) is 1. The number of rotatable bonds is 20. The van der Waals surface area contributed by atoms with Crippen LogP contribution in [-0.4, -0.2) is 82.0 Å². The summed E-state index contributed by atoms with van der Waals surface area (Å²) in [6.45, 7) is 15.3. The van der Waals surface area contributed by atoms with Crippen molar-refractivity contribution >= 4 is 35.7 Å². The third kappa shape index (κ3) is 14.4. The molecule has 0 aromatic heterocycles. The molecule has 2 aromatic rings. The van der Waals surface area contributed by atoms with Crippen molar-refractivity contribution in [3.8, 4) is 0 Å². The van der Waals surface area contributed by atoms with Crippen LogP contribution in [0, 0.1) is 23.7 Å². The van der Waals surface area contributed by atoms with Gasteiger partial charge in [-0.05, 0) is 47.6 Å². The van der Waals surface area contributed by atoms with Gasteiger partial charge in [0.15, 0.2) is 0 Å². The number of carbonyl (C=O) groups is 6. The third-order valence-electron chi connectivity index (χ3n) is 9.02. The highest BCUT2D eigenvalue weighted by atomic mass is 16.5. The van der Waals surface area contributed by atoms with E-state index in [1.807, 2.05) is 12.1 Å². The van der Waals surface area contributed by atoms with Crippen LogP contribution < -0.4 is 21.7 Å². The molecule has 0 bridgehead atoms. The summed E-state index contributed by atoms with van der Waals surface area (Å²) in [4.78, 5) is 83.6. The maximum absolute atomic E-state index is 14.6. The zero-order chi connectivity index (χ0) is 41.4. The fraction of sp³-hybridized carbons (Fsp3) is 0.561. The van der Waals surface area contributed by atoms with Crippen LogP contribution in [0.15, 0.2) is 60.7 Å². The van der Waals surface area contributed by atoms with Gasteiger partial charge in [-0.1, -0.05) is 123 Å². The zero-order valence-corrected chi connectivity index (χ0v) is 33.6. The van der Waals surface area contributed by atoms with Crippen LogP contribution in [0.3, 0.4) is 0 Å². The minimum Gasteiger partial charge on any atom is -0.459 e. The van der Waals surface area contributed by atoms with E-state index in [2.05, 4.69) is 16.0 Å². The lowest BCUT2D eigenvalue weighted by molar-refractivity contribution is -0.161. The van der Waals surface area contributed by atoms with Gasteiger partial charge in [0.1, 0.15) is 43.5 Å². The maximum Gasteiger partial charge on any atom is 0.408 e. The molecule has 0 fully saturated rings. The van der Waals surface area contributed by atoms with Crippen LogP contribution in [0.5, 0.6) is 0 Å². The second-order valence-corrected chi connectivity index (χ2v) is 15.2. The number of hydrogen-bond acceptors (Lipinski definition) is 10. The van der Waals surface area contributed by atoms with Crippen molar-refractivity contribution in [1.29, 1.82) is 0 Å². The lowest BCUT2D eigenvalue weighted by atomic mass is 9.95. The van der Waals surface area contributed by atoms with E-state index in [-0.39, 0.29) is 32.0 Å². The summed E-state index contributed by atoms with van der Waals surface area (Å²) in [5.74, 6) is -6.19. The summed E-state index contributed by atoms with van der Waals surface area (Å²) in [6, 6.07) is 11.7. The molecule has 0 saturated carbocycles. The number of aliphatic hydroxyl groups is 1. The summed E-state index contributed by atoms with van der Waals surface area (Å²) in [5, 5.41) is 19.0. The largest absolute Gasteiger partial charge is 0.459 e. The monoisotopic (exact) mass is 767 g/mol. The molecule has 2 rings (SSSR count). The first-order chi connectivity index (χ1) is 25.9. The number of amides is 5. The minimum absolute atomic E-state index is 0.0345. The quantitative estimate of drug-likeness (QED) is 0.123. The summed E-state index contributed by atoms with van der Waals surface area (Å²) in [5.41, 5.74) is 7.56. The Labute approximate surface area is 325 Å². The van der Waals surface area contributed by atoms with Crippen molar-refractivity contribution in [2.45, 2.75) is 125 Å². The van der Waals surface area contributed by atoms with E-state index in [1.165, 1.54) is 0 Å². The molecular weight excluding hydrogens is 706 g/mol. The van der Waals surface area contributed by atoms with Gasteiger partial charge in [0.25, 0.3) is 11.8 Å². The van der Waals surface area contributed by atoms with Crippen LogP contribution in [0.2, 0.25) is 0 Å². The molecule has 0 saturated heterocycles.